The van der Waals surface area contributed by atoms with Gasteiger partial charge in [0.1, 0.15) is 30.7 Å². The van der Waals surface area contributed by atoms with Crippen molar-refractivity contribution in [1.29, 1.82) is 0 Å². The Bertz CT molecular complexity index is 2210. The largest absolute Gasteiger partial charge is 0.456 e. The molecule has 1 aliphatic carbocycles. The van der Waals surface area contributed by atoms with E-state index in [4.69, 9.17) is 8.83 Å². The Hall–Kier alpha value is -5.05. The number of hydrogen-bond donors (Lipinski definition) is 0. The molecule has 2 aliphatic rings. The van der Waals surface area contributed by atoms with Crippen molar-refractivity contribution in [3.63, 3.8) is 0 Å². The molecule has 0 radical (unpaired) electrons. The van der Waals surface area contributed by atoms with Crippen molar-refractivity contribution in [2.45, 2.75) is 6.42 Å². The van der Waals surface area contributed by atoms with Gasteiger partial charge in [-0.05, 0) is 55.0 Å². The second kappa shape index (κ2) is 9.24. The molecule has 0 bridgehead atoms. The molecule has 0 saturated heterocycles. The van der Waals surface area contributed by atoms with Gasteiger partial charge in [-0.25, -0.2) is 0 Å². The van der Waals surface area contributed by atoms with Crippen molar-refractivity contribution >= 4 is 75.3 Å². The van der Waals surface area contributed by atoms with Crippen LogP contribution in [0.1, 0.15) is 11.3 Å². The van der Waals surface area contributed by atoms with Gasteiger partial charge in [0.05, 0.1) is 28.1 Å². The molecule has 0 saturated carbocycles. The van der Waals surface area contributed by atoms with Crippen LogP contribution in [0.4, 0.5) is 22.7 Å². The molecule has 1 aliphatic heterocycles. The molecule has 3 heterocycles. The third kappa shape index (κ3) is 3.39. The number of furan rings is 2. The fourth-order valence-corrected chi connectivity index (χ4v) is 9.00. The number of para-hydroxylation sites is 3. The molecule has 7 aromatic rings. The molecule has 0 fully saturated rings. The van der Waals surface area contributed by atoms with Crippen LogP contribution < -0.4 is 14.6 Å². The van der Waals surface area contributed by atoms with E-state index in [9.17, 15) is 0 Å². The zero-order valence-corrected chi connectivity index (χ0v) is 23.5. The molecule has 5 heteroatoms. The summed E-state index contributed by atoms with van der Waals surface area (Å²) in [4.78, 5) is 0. The second-order valence-corrected chi connectivity index (χ2v) is 12.5. The first-order valence-electron chi connectivity index (χ1n) is 14.2. The summed E-state index contributed by atoms with van der Waals surface area (Å²) < 4.78 is 17.9. The Balaban J connectivity index is 1.36. The number of anilines is 4. The van der Waals surface area contributed by atoms with E-state index in [1.807, 2.05) is 6.07 Å². The fourth-order valence-electron chi connectivity index (χ4n) is 6.44. The summed E-state index contributed by atoms with van der Waals surface area (Å²) in [5.41, 5.74) is 8.61. The molecule has 9 rings (SSSR count). The highest BCUT2D eigenvalue weighted by Crippen LogP contribution is 2.66. The van der Waals surface area contributed by atoms with Gasteiger partial charge in [-0.2, -0.15) is 0 Å². The molecule has 5 aromatic carbocycles. The van der Waals surface area contributed by atoms with E-state index in [0.29, 0.717) is 0 Å². The first kappa shape index (κ1) is 23.6. The summed E-state index contributed by atoms with van der Waals surface area (Å²) in [6, 6.07) is 40.9. The minimum Gasteiger partial charge on any atom is -0.456 e. The van der Waals surface area contributed by atoms with Gasteiger partial charge in [-0.15, -0.1) is 0 Å². The highest BCUT2D eigenvalue weighted by Gasteiger charge is 2.41. The Kier molecular flexibility index (Phi) is 5.20. The van der Waals surface area contributed by atoms with E-state index in [0.717, 1.165) is 51.1 Å². The number of fused-ring (bicyclic) bond motifs is 7. The van der Waals surface area contributed by atoms with Crippen molar-refractivity contribution in [2.75, 3.05) is 9.34 Å². The zero-order valence-electron chi connectivity index (χ0n) is 22.6. The third-order valence-corrected chi connectivity index (χ3v) is 10.6. The van der Waals surface area contributed by atoms with Crippen molar-refractivity contribution < 1.29 is 8.83 Å². The monoisotopic (exact) mass is 560 g/mol. The predicted octanol–water partition coefficient (Wildman–Crippen LogP) is 10.4. The van der Waals surface area contributed by atoms with Crippen LogP contribution in [0.15, 0.2) is 142 Å². The van der Waals surface area contributed by atoms with Crippen LogP contribution >= 0.6 is 8.22 Å². The van der Waals surface area contributed by atoms with Crippen LogP contribution in [0, 0.1) is 0 Å². The first-order chi connectivity index (χ1) is 20.9. The zero-order chi connectivity index (χ0) is 27.6. The van der Waals surface area contributed by atoms with Crippen molar-refractivity contribution in [1.82, 2.24) is 0 Å². The Morgan fingerprint density at radius 3 is 1.93 bits per heavy atom. The van der Waals surface area contributed by atoms with Crippen LogP contribution in [-0.2, 0) is 6.42 Å². The average molecular weight is 561 g/mol. The summed E-state index contributed by atoms with van der Waals surface area (Å²) in [7, 11) is -1.08. The first-order valence-corrected chi connectivity index (χ1v) is 15.4. The van der Waals surface area contributed by atoms with Crippen molar-refractivity contribution in [3.8, 4) is 0 Å². The highest BCUT2D eigenvalue weighted by molar-refractivity contribution is 7.70. The smallest absolute Gasteiger partial charge is 0.138 e. The van der Waals surface area contributed by atoms with Gasteiger partial charge < -0.3 is 8.83 Å². The molecule has 200 valence electrons. The normalized spacial score (nSPS) is 16.0. The maximum atomic E-state index is 6.43. The van der Waals surface area contributed by atoms with Gasteiger partial charge in [0.25, 0.3) is 0 Å². The van der Waals surface area contributed by atoms with Gasteiger partial charge >= 0.3 is 0 Å². The third-order valence-electron chi connectivity index (χ3n) is 8.18. The average Bonchev–Trinajstić information content (AvgIpc) is 3.65. The van der Waals surface area contributed by atoms with Crippen molar-refractivity contribution in [3.05, 3.63) is 145 Å². The van der Waals surface area contributed by atoms with E-state index in [2.05, 4.69) is 143 Å². The fraction of sp³-hybridized carbons (Fsp3) is 0.0270. The quantitative estimate of drug-likeness (QED) is 0.201. The van der Waals surface area contributed by atoms with E-state index in [1.54, 1.807) is 0 Å². The summed E-state index contributed by atoms with van der Waals surface area (Å²) >= 11 is 0. The highest BCUT2D eigenvalue weighted by atomic mass is 31.1. The van der Waals surface area contributed by atoms with E-state index < -0.39 is 8.22 Å². The van der Waals surface area contributed by atoms with Gasteiger partial charge in [0, 0.05) is 21.6 Å². The lowest BCUT2D eigenvalue weighted by Crippen LogP contribution is -2.22. The summed E-state index contributed by atoms with van der Waals surface area (Å²) in [6.45, 7) is 0. The van der Waals surface area contributed by atoms with Gasteiger partial charge in [-0.1, -0.05) is 91.0 Å². The molecule has 1 atom stereocenters. The second-order valence-electron chi connectivity index (χ2n) is 10.6. The summed E-state index contributed by atoms with van der Waals surface area (Å²) in [5.74, 6) is 0.936. The van der Waals surface area contributed by atoms with Crippen LogP contribution in [0.2, 0.25) is 0 Å². The van der Waals surface area contributed by atoms with Gasteiger partial charge in [0.2, 0.25) is 0 Å². The Morgan fingerprint density at radius 2 is 1.14 bits per heavy atom. The minimum atomic E-state index is -1.08. The maximum Gasteiger partial charge on any atom is 0.138 e. The molecule has 0 spiro atoms. The maximum absolute atomic E-state index is 6.43. The number of rotatable bonds is 3. The number of nitrogens with zero attached hydrogens (tertiary/aromatic N) is 2. The Labute approximate surface area is 244 Å². The van der Waals surface area contributed by atoms with Gasteiger partial charge in [-0.3, -0.25) is 9.34 Å². The topological polar surface area (TPSA) is 32.8 Å². The van der Waals surface area contributed by atoms with Crippen molar-refractivity contribution in [2.24, 2.45) is 0 Å². The molecule has 4 nitrogen and oxygen atoms in total. The minimum absolute atomic E-state index is 0.828. The van der Waals surface area contributed by atoms with E-state index in [1.165, 1.54) is 27.6 Å². The lowest BCUT2D eigenvalue weighted by Gasteiger charge is -2.33. The predicted molar refractivity (Wildman–Crippen MR) is 176 cm³/mol. The molecule has 1 unspecified atom stereocenters. The number of allylic oxidation sites excluding steroid dienone is 3. The standard InChI is InChI=1S/C37H25N2O2P/c1-3-13-25(14-4-1)42-38(30-19-11-23-34-36(30)26-15-5-2-6-21-32(26)40-34)28-17-8-9-18-29(28)39(42)31-20-12-24-35-37(31)27-16-7-10-22-33(27)41-35/h1-14,16-24H,15H2. The lowest BCUT2D eigenvalue weighted by molar-refractivity contribution is 0.600. The Morgan fingerprint density at radius 1 is 0.524 bits per heavy atom. The molecule has 42 heavy (non-hydrogen) atoms. The molecule has 0 N–H and O–H groups in total. The summed E-state index contributed by atoms with van der Waals surface area (Å²) in [5, 5.41) is 4.71. The van der Waals surface area contributed by atoms with Crippen LogP contribution in [0.25, 0.3) is 39.0 Å². The van der Waals surface area contributed by atoms with Crippen LogP contribution in [0.5, 0.6) is 0 Å². The lowest BCUT2D eigenvalue weighted by atomic mass is 10.1. The summed E-state index contributed by atoms with van der Waals surface area (Å²) in [6.07, 6.45) is 9.28. The number of benzene rings is 5. The van der Waals surface area contributed by atoms with Crippen LogP contribution in [0.3, 0.4) is 0 Å². The SMILES string of the molecule is C1=CCc2c(oc3cccc(N4c5ccccc5N(c5cccc6oc7ccccc7c56)P4c4ccccc4)c23)C=C1. The van der Waals surface area contributed by atoms with Gasteiger partial charge in [0.15, 0.2) is 0 Å². The molecule has 2 aromatic heterocycles. The molecule has 0 amide bonds. The molecular weight excluding hydrogens is 535 g/mol. The number of hydrogen-bond acceptors (Lipinski definition) is 4. The molecular formula is C37H25N2O2P. The van der Waals surface area contributed by atoms with E-state index >= 15 is 0 Å². The van der Waals surface area contributed by atoms with E-state index in [-0.39, 0.29) is 0 Å². The van der Waals surface area contributed by atoms with Crippen LogP contribution in [-0.4, -0.2) is 0 Å².